The number of methoxy groups -OCH3 is 1. The lowest BCUT2D eigenvalue weighted by Gasteiger charge is -2.21. The molecule has 2 atom stereocenters. The molecule has 2 N–H and O–H groups in total. The second-order valence-electron chi connectivity index (χ2n) is 4.71. The Morgan fingerprint density at radius 2 is 1.86 bits per heavy atom. The Hall–Kier alpha value is -1.98. The number of para-hydroxylation sites is 2. The minimum absolute atomic E-state index is 0.400. The summed E-state index contributed by atoms with van der Waals surface area (Å²) in [6.45, 7) is 0. The predicted octanol–water partition coefficient (Wildman–Crippen LogP) is 2.84. The Labute approximate surface area is 127 Å². The smallest absolute Gasteiger partial charge is 0.254 e. The van der Waals surface area contributed by atoms with E-state index in [2.05, 4.69) is 5.32 Å². The van der Waals surface area contributed by atoms with Crippen LogP contribution in [-0.4, -0.2) is 24.2 Å². The number of aliphatic hydroxyl groups is 1. The number of hydrogen-bond acceptors (Lipinski definition) is 4. The SMILES string of the molecule is COc1ccccc1C1Sc2ccccc2NC(=O)C1O. The summed E-state index contributed by atoms with van der Waals surface area (Å²) in [7, 11) is 1.58. The van der Waals surface area contributed by atoms with Crippen molar-refractivity contribution in [1.82, 2.24) is 0 Å². The van der Waals surface area contributed by atoms with Crippen LogP contribution in [0, 0.1) is 0 Å². The van der Waals surface area contributed by atoms with Crippen LogP contribution in [0.3, 0.4) is 0 Å². The minimum Gasteiger partial charge on any atom is -0.496 e. The zero-order valence-electron chi connectivity index (χ0n) is 11.4. The van der Waals surface area contributed by atoms with Gasteiger partial charge in [-0.25, -0.2) is 0 Å². The first-order valence-corrected chi connectivity index (χ1v) is 7.46. The molecule has 0 saturated heterocycles. The molecule has 4 nitrogen and oxygen atoms in total. The van der Waals surface area contributed by atoms with Gasteiger partial charge in [0.05, 0.1) is 18.0 Å². The molecule has 0 bridgehead atoms. The quantitative estimate of drug-likeness (QED) is 0.895. The molecule has 2 unspecified atom stereocenters. The average molecular weight is 301 g/mol. The Bertz CT molecular complexity index is 674. The lowest BCUT2D eigenvalue weighted by atomic mass is 10.1. The monoisotopic (exact) mass is 301 g/mol. The number of aliphatic hydroxyl groups excluding tert-OH is 1. The molecule has 0 spiro atoms. The summed E-state index contributed by atoms with van der Waals surface area (Å²) >= 11 is 1.46. The van der Waals surface area contributed by atoms with Crippen molar-refractivity contribution < 1.29 is 14.6 Å². The molecule has 108 valence electrons. The second-order valence-corrected chi connectivity index (χ2v) is 5.89. The van der Waals surface area contributed by atoms with Crippen LogP contribution in [0.4, 0.5) is 5.69 Å². The molecule has 1 amide bonds. The molecule has 0 radical (unpaired) electrons. The molecule has 2 aromatic carbocycles. The van der Waals surface area contributed by atoms with Gasteiger partial charge >= 0.3 is 0 Å². The van der Waals surface area contributed by atoms with Crippen LogP contribution in [-0.2, 0) is 4.79 Å². The number of ether oxygens (including phenoxy) is 1. The molecule has 3 rings (SSSR count). The van der Waals surface area contributed by atoms with Crippen molar-refractivity contribution in [2.24, 2.45) is 0 Å². The number of nitrogens with one attached hydrogen (secondary N) is 1. The van der Waals surface area contributed by atoms with Crippen LogP contribution in [0.15, 0.2) is 53.4 Å². The highest BCUT2D eigenvalue weighted by Gasteiger charge is 2.34. The van der Waals surface area contributed by atoms with E-state index in [1.165, 1.54) is 11.8 Å². The number of fused-ring (bicyclic) bond motifs is 1. The van der Waals surface area contributed by atoms with Gasteiger partial charge in [-0.3, -0.25) is 4.79 Å². The van der Waals surface area contributed by atoms with Crippen molar-refractivity contribution in [1.29, 1.82) is 0 Å². The maximum atomic E-state index is 12.1. The van der Waals surface area contributed by atoms with E-state index in [1.807, 2.05) is 48.5 Å². The molecule has 1 aliphatic heterocycles. The Kier molecular flexibility index (Phi) is 3.86. The highest BCUT2D eigenvalue weighted by Crippen LogP contribution is 2.45. The van der Waals surface area contributed by atoms with E-state index in [4.69, 9.17) is 4.74 Å². The van der Waals surface area contributed by atoms with Gasteiger partial charge < -0.3 is 15.2 Å². The first kappa shape index (κ1) is 14.0. The molecule has 21 heavy (non-hydrogen) atoms. The molecule has 0 aromatic heterocycles. The van der Waals surface area contributed by atoms with Gasteiger partial charge in [-0.05, 0) is 18.2 Å². The number of benzene rings is 2. The number of thioether (sulfide) groups is 1. The van der Waals surface area contributed by atoms with Crippen molar-refractivity contribution in [2.45, 2.75) is 16.2 Å². The van der Waals surface area contributed by atoms with Gasteiger partial charge in [0.1, 0.15) is 11.9 Å². The molecular weight excluding hydrogens is 286 g/mol. The fourth-order valence-electron chi connectivity index (χ4n) is 2.35. The van der Waals surface area contributed by atoms with Gasteiger partial charge in [-0.1, -0.05) is 30.3 Å². The van der Waals surface area contributed by atoms with E-state index in [0.29, 0.717) is 5.75 Å². The molecule has 1 heterocycles. The summed E-state index contributed by atoms with van der Waals surface area (Å²) in [6, 6.07) is 15.0. The molecule has 0 fully saturated rings. The maximum absolute atomic E-state index is 12.1. The number of rotatable bonds is 2. The molecule has 0 saturated carbocycles. The normalized spacial score (nSPS) is 21.1. The zero-order chi connectivity index (χ0) is 14.8. The third-order valence-electron chi connectivity index (χ3n) is 3.40. The first-order valence-electron chi connectivity index (χ1n) is 6.58. The summed E-state index contributed by atoms with van der Waals surface area (Å²) < 4.78 is 5.35. The second kappa shape index (κ2) is 5.79. The number of anilines is 1. The standard InChI is InChI=1S/C16H15NO3S/c1-20-12-8-4-2-6-10(12)15-14(18)16(19)17-11-7-3-5-9-13(11)21-15/h2-9,14-15,18H,1H3,(H,17,19). The number of hydrogen-bond donors (Lipinski definition) is 2. The maximum Gasteiger partial charge on any atom is 0.254 e. The molecular formula is C16H15NO3S. The predicted molar refractivity (Wildman–Crippen MR) is 82.7 cm³/mol. The van der Waals surface area contributed by atoms with E-state index < -0.39 is 17.3 Å². The van der Waals surface area contributed by atoms with Gasteiger partial charge in [0.25, 0.3) is 5.91 Å². The summed E-state index contributed by atoms with van der Waals surface area (Å²) in [6.07, 6.45) is -1.14. The lowest BCUT2D eigenvalue weighted by Crippen LogP contribution is -2.30. The van der Waals surface area contributed by atoms with Gasteiger partial charge in [0.15, 0.2) is 0 Å². The molecule has 2 aromatic rings. The first-order chi connectivity index (χ1) is 10.2. The van der Waals surface area contributed by atoms with Crippen molar-refractivity contribution in [3.8, 4) is 5.75 Å². The third-order valence-corrected chi connectivity index (χ3v) is 4.78. The van der Waals surface area contributed by atoms with Gasteiger partial charge in [-0.2, -0.15) is 0 Å². The van der Waals surface area contributed by atoms with Crippen LogP contribution in [0.5, 0.6) is 5.75 Å². The fraction of sp³-hybridized carbons (Fsp3) is 0.188. The van der Waals surface area contributed by atoms with Gasteiger partial charge in [-0.15, -0.1) is 11.8 Å². The molecule has 0 aliphatic carbocycles. The largest absolute Gasteiger partial charge is 0.496 e. The average Bonchev–Trinajstić information content (AvgIpc) is 2.65. The van der Waals surface area contributed by atoms with Crippen molar-refractivity contribution >= 4 is 23.4 Å². The van der Waals surface area contributed by atoms with E-state index in [0.717, 1.165) is 16.1 Å². The van der Waals surface area contributed by atoms with E-state index in [9.17, 15) is 9.90 Å². The Morgan fingerprint density at radius 3 is 2.67 bits per heavy atom. The van der Waals surface area contributed by atoms with Crippen molar-refractivity contribution in [3.63, 3.8) is 0 Å². The number of carbonyl (C=O) groups is 1. The summed E-state index contributed by atoms with van der Waals surface area (Å²) in [5.41, 5.74) is 1.54. The fourth-order valence-corrected chi connectivity index (χ4v) is 3.60. The van der Waals surface area contributed by atoms with Crippen LogP contribution < -0.4 is 10.1 Å². The van der Waals surface area contributed by atoms with Crippen LogP contribution in [0.1, 0.15) is 10.8 Å². The highest BCUT2D eigenvalue weighted by atomic mass is 32.2. The van der Waals surface area contributed by atoms with E-state index in [-0.39, 0.29) is 0 Å². The Balaban J connectivity index is 2.07. The van der Waals surface area contributed by atoms with Crippen LogP contribution >= 0.6 is 11.8 Å². The minimum atomic E-state index is -1.14. The van der Waals surface area contributed by atoms with Gasteiger partial charge in [0.2, 0.25) is 0 Å². The van der Waals surface area contributed by atoms with Crippen molar-refractivity contribution in [3.05, 3.63) is 54.1 Å². The number of amides is 1. The lowest BCUT2D eigenvalue weighted by molar-refractivity contribution is -0.124. The zero-order valence-corrected chi connectivity index (χ0v) is 12.3. The third kappa shape index (κ3) is 2.62. The summed E-state index contributed by atoms with van der Waals surface area (Å²) in [5, 5.41) is 12.7. The van der Waals surface area contributed by atoms with Crippen molar-refractivity contribution in [2.75, 3.05) is 12.4 Å². The van der Waals surface area contributed by atoms with E-state index in [1.54, 1.807) is 7.11 Å². The topological polar surface area (TPSA) is 58.6 Å². The van der Waals surface area contributed by atoms with Crippen LogP contribution in [0.25, 0.3) is 0 Å². The van der Waals surface area contributed by atoms with E-state index >= 15 is 0 Å². The Morgan fingerprint density at radius 1 is 1.14 bits per heavy atom. The number of carbonyl (C=O) groups excluding carboxylic acids is 1. The highest BCUT2D eigenvalue weighted by molar-refractivity contribution is 7.99. The molecule has 5 heteroatoms. The summed E-state index contributed by atoms with van der Waals surface area (Å²) in [4.78, 5) is 13.1. The summed E-state index contributed by atoms with van der Waals surface area (Å²) in [5.74, 6) is 0.268. The molecule has 1 aliphatic rings. The van der Waals surface area contributed by atoms with Crippen LogP contribution in [0.2, 0.25) is 0 Å². The van der Waals surface area contributed by atoms with Gasteiger partial charge in [0, 0.05) is 10.5 Å².